The van der Waals surface area contributed by atoms with Gasteiger partial charge < -0.3 is 49.8 Å². The Labute approximate surface area is 419 Å². The van der Waals surface area contributed by atoms with Gasteiger partial charge in [0.15, 0.2) is 5.75 Å². The molecule has 18 nitrogen and oxygen atoms in total. The van der Waals surface area contributed by atoms with E-state index in [-0.39, 0.29) is 74.9 Å². The van der Waals surface area contributed by atoms with Gasteiger partial charge in [-0.05, 0) is 56.4 Å². The number of phenolic OH excluding ortho intramolecular Hbond substituents is 2. The first-order valence-corrected chi connectivity index (χ1v) is 25.2. The lowest BCUT2D eigenvalue weighted by atomic mass is 9.86. The molecule has 0 saturated carbocycles. The number of carbonyl (C=O) groups excluding carboxylic acids is 4. The van der Waals surface area contributed by atoms with Gasteiger partial charge in [0.1, 0.15) is 40.4 Å². The highest BCUT2D eigenvalue weighted by molar-refractivity contribution is 6.21. The van der Waals surface area contributed by atoms with Gasteiger partial charge >= 0.3 is 11.8 Å². The van der Waals surface area contributed by atoms with Crippen LogP contribution in [0, 0.1) is 24.7 Å². The fraction of sp³-hybridized carbons (Fsp3) is 0.537. The number of hydrogen-bond acceptors (Lipinski definition) is 16. The molecule has 2 aromatic carbocycles. The van der Waals surface area contributed by atoms with Gasteiger partial charge in [0.25, 0.3) is 11.7 Å². The molecular formula is C54H69N7O11. The van der Waals surface area contributed by atoms with Crippen LogP contribution in [-0.2, 0) is 30.4 Å². The molecule has 1 spiro atoms. The van der Waals surface area contributed by atoms with E-state index >= 15 is 0 Å². The SMILES string of the molecule is C/C1=C/C=C/[C@H](C)[C@H](O)[C@@H](C)C(O)CC(OC(=O)CC(=O)N2CCN(Cc3ccncc3)CC2)CC/C=C/O[C@@]2(C)Oc3c(C)c(O)c4c(O)c(c5c(c4c3C2=O)NC2(CCN(CC(C)C)CC2)N=5)=NC1=O. The molecule has 5 bridgehead atoms. The van der Waals surface area contributed by atoms with Crippen LogP contribution >= 0.6 is 0 Å². The number of amides is 2. The van der Waals surface area contributed by atoms with E-state index in [1.807, 2.05) is 12.1 Å². The summed E-state index contributed by atoms with van der Waals surface area (Å²) in [6.07, 6.45) is 9.27. The van der Waals surface area contributed by atoms with Gasteiger partial charge in [-0.25, -0.2) is 4.99 Å². The fourth-order valence-corrected chi connectivity index (χ4v) is 10.4. The Balaban J connectivity index is 1.08. The van der Waals surface area contributed by atoms with E-state index in [4.69, 9.17) is 19.2 Å². The minimum absolute atomic E-state index is 0.0488. The standard InChI is InChI=1S/C54H69N7O11/c1-31(2)29-59-20-16-54(17-21-59)57-44-41-42-48(66)35(6)50-43(41)51(68)53(7,72-50)70-26-9-8-13-37(71-40(64)28-39(63)61-24-22-60(23-25-61)30-36-14-18-55-19-15-36)27-38(62)34(5)47(65)32(3)11-10-12-33(4)52(69)56-46(49(42)67)45(44)58-54/h9-12,14-15,18-19,26,31-32,34,37-38,47,57,62,65-67H,8,13,16-17,20-25,27-30H2,1-7H3/b11-10+,26-9+,33-12-,56-46?/t32-,34-,37?,38?,47-,53-/m0/s1. The van der Waals surface area contributed by atoms with Crippen LogP contribution in [0.15, 0.2) is 70.7 Å². The number of aliphatic hydroxyl groups is 2. The number of carbonyl (C=O) groups is 4. The molecular weight excluding hydrogens is 923 g/mol. The summed E-state index contributed by atoms with van der Waals surface area (Å²) in [5.41, 5.74) is 0.991. The van der Waals surface area contributed by atoms with Crippen molar-refractivity contribution in [2.45, 2.75) is 123 Å². The quantitative estimate of drug-likeness (QED) is 0.122. The van der Waals surface area contributed by atoms with Gasteiger partial charge in [0, 0.05) is 119 Å². The number of hydrogen-bond donors (Lipinski definition) is 5. The van der Waals surface area contributed by atoms with Crippen molar-refractivity contribution in [1.29, 1.82) is 0 Å². The Bertz CT molecular complexity index is 2800. The summed E-state index contributed by atoms with van der Waals surface area (Å²) in [7, 11) is 0. The van der Waals surface area contributed by atoms with Gasteiger partial charge in [-0.15, -0.1) is 0 Å². The van der Waals surface area contributed by atoms with E-state index in [0.29, 0.717) is 50.6 Å². The maximum absolute atomic E-state index is 14.8. The Hall–Kier alpha value is -6.21. The van der Waals surface area contributed by atoms with Gasteiger partial charge in [-0.1, -0.05) is 45.9 Å². The first kappa shape index (κ1) is 52.1. The Morgan fingerprint density at radius 2 is 1.67 bits per heavy atom. The second-order valence-electron chi connectivity index (χ2n) is 20.7. The highest BCUT2D eigenvalue weighted by atomic mass is 16.7. The molecule has 386 valence electrons. The number of phenols is 2. The van der Waals surface area contributed by atoms with Crippen LogP contribution in [-0.4, -0.2) is 139 Å². The number of fused-ring (bicyclic) bond motifs is 13. The molecule has 2 fully saturated rings. The van der Waals surface area contributed by atoms with E-state index in [0.717, 1.165) is 31.7 Å². The van der Waals surface area contributed by atoms with Crippen LogP contribution in [0.5, 0.6) is 17.2 Å². The Kier molecular flexibility index (Phi) is 15.5. The molecule has 6 aliphatic rings. The summed E-state index contributed by atoms with van der Waals surface area (Å²) in [6.45, 7) is 17.6. The van der Waals surface area contributed by atoms with Crippen LogP contribution in [0.25, 0.3) is 10.8 Å². The summed E-state index contributed by atoms with van der Waals surface area (Å²) < 4.78 is 18.3. The zero-order valence-electron chi connectivity index (χ0n) is 42.4. The van der Waals surface area contributed by atoms with Crippen molar-refractivity contribution in [3.63, 3.8) is 0 Å². The summed E-state index contributed by atoms with van der Waals surface area (Å²) in [6, 6.07) is 3.91. The van der Waals surface area contributed by atoms with Crippen molar-refractivity contribution < 1.29 is 53.8 Å². The van der Waals surface area contributed by atoms with Crippen molar-refractivity contribution in [3.05, 3.63) is 88.1 Å². The zero-order valence-corrected chi connectivity index (χ0v) is 42.4. The molecule has 3 aromatic rings. The molecule has 7 heterocycles. The van der Waals surface area contributed by atoms with Crippen LogP contribution in [0.4, 0.5) is 5.69 Å². The van der Waals surface area contributed by atoms with E-state index in [1.165, 1.54) is 19.3 Å². The number of aromatic nitrogens is 1. The Morgan fingerprint density at radius 3 is 2.36 bits per heavy atom. The van der Waals surface area contributed by atoms with Gasteiger partial charge in [-0.3, -0.25) is 34.1 Å². The van der Waals surface area contributed by atoms with Gasteiger partial charge in [-0.2, -0.15) is 0 Å². The number of benzene rings is 2. The van der Waals surface area contributed by atoms with E-state index in [1.54, 1.807) is 63.2 Å². The monoisotopic (exact) mass is 992 g/mol. The second kappa shape index (κ2) is 21.5. The van der Waals surface area contributed by atoms with E-state index < -0.39 is 71.4 Å². The van der Waals surface area contributed by atoms with Crippen molar-refractivity contribution in [2.75, 3.05) is 51.1 Å². The molecule has 0 aliphatic carbocycles. The topological polar surface area (TPSA) is 236 Å². The number of pyridine rings is 1. The number of rotatable bonds is 7. The molecule has 72 heavy (non-hydrogen) atoms. The average molecular weight is 992 g/mol. The lowest BCUT2D eigenvalue weighted by molar-refractivity contribution is -0.155. The van der Waals surface area contributed by atoms with Gasteiger partial charge in [0.2, 0.25) is 5.91 Å². The zero-order chi connectivity index (χ0) is 51.6. The molecule has 5 N–H and O–H groups in total. The van der Waals surface area contributed by atoms with Crippen LogP contribution in [0.2, 0.25) is 0 Å². The maximum atomic E-state index is 14.8. The van der Waals surface area contributed by atoms with E-state index in [9.17, 15) is 39.6 Å². The number of allylic oxidation sites excluding steroid dienone is 3. The smallest absolute Gasteiger partial charge is 0.315 e. The normalized spacial score (nSPS) is 27.8. The number of aromatic hydroxyl groups is 2. The third-order valence-corrected chi connectivity index (χ3v) is 14.8. The summed E-state index contributed by atoms with van der Waals surface area (Å²) >= 11 is 0. The number of nitrogens with one attached hydrogen (secondary N) is 1. The molecule has 18 heteroatoms. The second-order valence-corrected chi connectivity index (χ2v) is 20.7. The number of esters is 1. The van der Waals surface area contributed by atoms with Crippen LogP contribution < -0.4 is 20.8 Å². The minimum atomic E-state index is -1.93. The number of aliphatic hydroxyl groups excluding tert-OH is 2. The number of piperidine rings is 1. The highest BCUT2D eigenvalue weighted by Crippen LogP contribution is 2.51. The number of Topliss-reactive ketones (excluding diaryl/α,β-unsaturated/α-hetero) is 1. The predicted molar refractivity (Wildman–Crippen MR) is 267 cm³/mol. The van der Waals surface area contributed by atoms with Crippen molar-refractivity contribution in [3.8, 4) is 17.2 Å². The number of nitrogens with zero attached hydrogens (tertiary/aromatic N) is 6. The largest absolute Gasteiger partial charge is 0.507 e. The molecule has 6 aliphatic heterocycles. The number of piperazine rings is 1. The fourth-order valence-electron chi connectivity index (χ4n) is 10.4. The summed E-state index contributed by atoms with van der Waals surface area (Å²) in [5, 5.41) is 50.6. The number of likely N-dealkylation sites (tertiary alicyclic amines) is 1. The molecule has 2 amide bonds. The first-order valence-electron chi connectivity index (χ1n) is 25.2. The van der Waals surface area contributed by atoms with Crippen molar-refractivity contribution in [1.82, 2.24) is 19.7 Å². The lowest BCUT2D eigenvalue weighted by Gasteiger charge is -2.38. The van der Waals surface area contributed by atoms with Crippen LogP contribution in [0.1, 0.15) is 102 Å². The average Bonchev–Trinajstić information content (AvgIpc) is 3.85. The molecule has 9 rings (SSSR count). The van der Waals surface area contributed by atoms with Crippen LogP contribution in [0.3, 0.4) is 0 Å². The van der Waals surface area contributed by atoms with Gasteiger partial charge in [0.05, 0.1) is 35.1 Å². The highest BCUT2D eigenvalue weighted by Gasteiger charge is 2.50. The van der Waals surface area contributed by atoms with Crippen molar-refractivity contribution in [2.24, 2.45) is 27.7 Å². The molecule has 1 aromatic heterocycles. The predicted octanol–water partition coefficient (Wildman–Crippen LogP) is 4.74. The first-order chi connectivity index (χ1) is 34.3. The van der Waals surface area contributed by atoms with E-state index in [2.05, 4.69) is 38.9 Å². The number of anilines is 1. The number of ether oxygens (including phenoxy) is 3. The van der Waals surface area contributed by atoms with Crippen molar-refractivity contribution >= 4 is 40.0 Å². The molecule has 6 atom stereocenters. The third kappa shape index (κ3) is 10.9. The molecule has 2 saturated heterocycles. The lowest BCUT2D eigenvalue weighted by Crippen LogP contribution is -2.48. The summed E-state index contributed by atoms with van der Waals surface area (Å²) in [5.74, 6) is -5.91. The third-order valence-electron chi connectivity index (χ3n) is 14.8. The maximum Gasteiger partial charge on any atom is 0.315 e. The molecule has 0 radical (unpaired) electrons. The Morgan fingerprint density at radius 1 is 0.958 bits per heavy atom. The minimum Gasteiger partial charge on any atom is -0.507 e. The number of ketones is 1. The molecule has 2 unspecified atom stereocenters. The summed E-state index contributed by atoms with van der Waals surface area (Å²) in [4.78, 5) is 75.4.